The van der Waals surface area contributed by atoms with E-state index >= 15 is 0 Å². The van der Waals surface area contributed by atoms with Crippen LogP contribution in [0.15, 0.2) is 36.5 Å². The Kier molecular flexibility index (Phi) is 8.08. The second-order valence-electron chi connectivity index (χ2n) is 7.78. The zero-order valence-electron chi connectivity index (χ0n) is 17.3. The molecule has 0 saturated heterocycles. The molecule has 1 aromatic carbocycles. The van der Waals surface area contributed by atoms with E-state index in [1.54, 1.807) is 35.4 Å². The van der Waals surface area contributed by atoms with Crippen LogP contribution in [0.2, 0.25) is 5.02 Å². The van der Waals surface area contributed by atoms with Crippen molar-refractivity contribution >= 4 is 17.5 Å². The molecule has 0 spiro atoms. The lowest BCUT2D eigenvalue weighted by Gasteiger charge is -2.26. The number of benzene rings is 1. The number of nitrogens with zero attached hydrogens (tertiary/aromatic N) is 2. The predicted molar refractivity (Wildman–Crippen MR) is 116 cm³/mol. The molecular formula is C23H29ClN2O4. The zero-order chi connectivity index (χ0) is 21.5. The summed E-state index contributed by atoms with van der Waals surface area (Å²) in [6.07, 6.45) is 3.42. The summed E-state index contributed by atoms with van der Waals surface area (Å²) >= 11 is 6.13. The van der Waals surface area contributed by atoms with Gasteiger partial charge in [-0.1, -0.05) is 18.0 Å². The third-order valence-electron chi connectivity index (χ3n) is 5.38. The quantitative estimate of drug-likeness (QED) is 0.721. The number of halogens is 1. The van der Waals surface area contributed by atoms with Gasteiger partial charge in [-0.25, -0.2) is 0 Å². The van der Waals surface area contributed by atoms with Gasteiger partial charge in [-0.2, -0.15) is 0 Å². The summed E-state index contributed by atoms with van der Waals surface area (Å²) in [5.41, 5.74) is 2.36. The zero-order valence-corrected chi connectivity index (χ0v) is 18.0. The summed E-state index contributed by atoms with van der Waals surface area (Å²) in [6.45, 7) is 2.80. The van der Waals surface area contributed by atoms with Gasteiger partial charge in [-0.05, 0) is 68.5 Å². The number of carbonyl (C=O) groups excluding carboxylic acids is 1. The molecule has 0 radical (unpaired) electrons. The number of aryl methyl sites for hydroxylation is 2. The Hall–Kier alpha value is -2.15. The highest BCUT2D eigenvalue weighted by atomic mass is 35.5. The van der Waals surface area contributed by atoms with Crippen molar-refractivity contribution in [1.82, 2.24) is 9.88 Å². The molecule has 3 rings (SSSR count). The minimum Gasteiger partial charge on any atom is -0.491 e. The predicted octanol–water partition coefficient (Wildman–Crippen LogP) is 3.40. The molecule has 0 saturated carbocycles. The van der Waals surface area contributed by atoms with E-state index in [0.29, 0.717) is 29.4 Å². The summed E-state index contributed by atoms with van der Waals surface area (Å²) in [5, 5.41) is 21.4. The lowest BCUT2D eigenvalue weighted by atomic mass is 10.0. The molecule has 0 bridgehead atoms. The normalized spacial score (nSPS) is 21.3. The van der Waals surface area contributed by atoms with Crippen LogP contribution in [0.25, 0.3) is 0 Å². The summed E-state index contributed by atoms with van der Waals surface area (Å²) in [4.78, 5) is 18.9. The second-order valence-corrected chi connectivity index (χ2v) is 8.21. The highest BCUT2D eigenvalue weighted by Gasteiger charge is 2.22. The van der Waals surface area contributed by atoms with Crippen molar-refractivity contribution in [3.05, 3.63) is 58.4 Å². The maximum atomic E-state index is 13.0. The number of pyridine rings is 1. The molecule has 0 fully saturated rings. The third kappa shape index (κ3) is 6.17. The molecule has 7 heteroatoms. The van der Waals surface area contributed by atoms with Gasteiger partial charge in [0, 0.05) is 35.6 Å². The van der Waals surface area contributed by atoms with Crippen LogP contribution in [0, 0.1) is 6.92 Å². The third-order valence-corrected chi connectivity index (χ3v) is 5.61. The number of carbonyl (C=O) groups is 1. The summed E-state index contributed by atoms with van der Waals surface area (Å²) < 4.78 is 5.77. The van der Waals surface area contributed by atoms with E-state index in [1.807, 2.05) is 13.0 Å². The number of hydrogen-bond donors (Lipinski definition) is 2. The second kappa shape index (κ2) is 10.8. The molecule has 1 aromatic heterocycles. The Morgan fingerprint density at radius 3 is 2.77 bits per heavy atom. The van der Waals surface area contributed by atoms with Gasteiger partial charge in [-0.3, -0.25) is 9.78 Å². The molecule has 30 heavy (non-hydrogen) atoms. The first-order valence-corrected chi connectivity index (χ1v) is 10.8. The molecular weight excluding hydrogens is 404 g/mol. The molecule has 6 nitrogen and oxygen atoms in total. The minimum absolute atomic E-state index is 0.0205. The number of amides is 1. The SMILES string of the molecule is Cc1cc(C(=O)N2CCCCCc3cc(Cl)ccc3OC[C@@H](O)[C@@H](O)CC2)ccn1. The highest BCUT2D eigenvalue weighted by Crippen LogP contribution is 2.25. The molecule has 1 aliphatic heterocycles. The molecule has 2 heterocycles. The van der Waals surface area contributed by atoms with E-state index in [-0.39, 0.29) is 18.9 Å². The number of hydrogen-bond acceptors (Lipinski definition) is 5. The maximum absolute atomic E-state index is 13.0. The Balaban J connectivity index is 1.73. The number of rotatable bonds is 1. The largest absolute Gasteiger partial charge is 0.491 e. The first kappa shape index (κ1) is 22.5. The molecule has 2 aromatic rings. The van der Waals surface area contributed by atoms with Gasteiger partial charge >= 0.3 is 0 Å². The number of fused-ring (bicyclic) bond motifs is 1. The standard InChI is InChI=1S/C23H29ClN2O4/c1-16-13-18(8-10-25-16)23(29)26-11-4-2-3-5-17-14-19(24)6-7-22(17)30-15-21(28)20(27)9-12-26/h6-8,10,13-14,20-21,27-28H,2-5,9,11-12,15H2,1H3/t20-,21+/m0/s1. The van der Waals surface area contributed by atoms with Crippen LogP contribution in [0.1, 0.15) is 47.3 Å². The lowest BCUT2D eigenvalue weighted by Crippen LogP contribution is -2.38. The lowest BCUT2D eigenvalue weighted by molar-refractivity contribution is -0.0153. The average Bonchev–Trinajstić information content (AvgIpc) is 2.73. The van der Waals surface area contributed by atoms with Crippen molar-refractivity contribution in [2.75, 3.05) is 19.7 Å². The van der Waals surface area contributed by atoms with Gasteiger partial charge in [-0.15, -0.1) is 0 Å². The smallest absolute Gasteiger partial charge is 0.253 e. The molecule has 1 aliphatic rings. The van der Waals surface area contributed by atoms with Crippen molar-refractivity contribution in [2.45, 2.75) is 51.2 Å². The fourth-order valence-corrected chi connectivity index (χ4v) is 3.82. The van der Waals surface area contributed by atoms with E-state index in [1.165, 1.54) is 0 Å². The molecule has 0 aliphatic carbocycles. The van der Waals surface area contributed by atoms with Crippen molar-refractivity contribution in [3.63, 3.8) is 0 Å². The van der Waals surface area contributed by atoms with Crippen LogP contribution < -0.4 is 4.74 Å². The van der Waals surface area contributed by atoms with Crippen molar-refractivity contribution < 1.29 is 19.7 Å². The van der Waals surface area contributed by atoms with Crippen LogP contribution in [-0.4, -0.2) is 57.9 Å². The topological polar surface area (TPSA) is 82.9 Å². The Bertz CT molecular complexity index is 861. The fourth-order valence-electron chi connectivity index (χ4n) is 3.62. The van der Waals surface area contributed by atoms with E-state index in [0.717, 1.165) is 36.9 Å². The molecule has 0 unspecified atom stereocenters. The van der Waals surface area contributed by atoms with Gasteiger partial charge in [0.2, 0.25) is 0 Å². The Labute approximate surface area is 182 Å². The fraction of sp³-hybridized carbons (Fsp3) is 0.478. The van der Waals surface area contributed by atoms with Crippen LogP contribution in [0.4, 0.5) is 0 Å². The van der Waals surface area contributed by atoms with Crippen LogP contribution >= 0.6 is 11.6 Å². The Morgan fingerprint density at radius 2 is 1.97 bits per heavy atom. The van der Waals surface area contributed by atoms with Gasteiger partial charge < -0.3 is 19.8 Å². The molecule has 2 N–H and O–H groups in total. The van der Waals surface area contributed by atoms with Crippen LogP contribution in [-0.2, 0) is 6.42 Å². The van der Waals surface area contributed by atoms with Gasteiger partial charge in [0.05, 0.1) is 6.10 Å². The van der Waals surface area contributed by atoms with Crippen LogP contribution in [0.5, 0.6) is 5.75 Å². The van der Waals surface area contributed by atoms with Gasteiger partial charge in [0.15, 0.2) is 0 Å². The van der Waals surface area contributed by atoms with Crippen molar-refractivity contribution in [1.29, 1.82) is 0 Å². The summed E-state index contributed by atoms with van der Waals surface area (Å²) in [7, 11) is 0. The molecule has 162 valence electrons. The van der Waals surface area contributed by atoms with Crippen LogP contribution in [0.3, 0.4) is 0 Å². The van der Waals surface area contributed by atoms with E-state index in [2.05, 4.69) is 4.98 Å². The number of aliphatic hydroxyl groups is 2. The van der Waals surface area contributed by atoms with Crippen molar-refractivity contribution in [2.24, 2.45) is 0 Å². The van der Waals surface area contributed by atoms with Gasteiger partial charge in [0.1, 0.15) is 18.5 Å². The summed E-state index contributed by atoms with van der Waals surface area (Å²) in [6, 6.07) is 8.93. The first-order valence-electron chi connectivity index (χ1n) is 10.4. The first-order chi connectivity index (χ1) is 14.4. The number of aromatic nitrogens is 1. The van der Waals surface area contributed by atoms with E-state index in [9.17, 15) is 15.0 Å². The van der Waals surface area contributed by atoms with Crippen molar-refractivity contribution in [3.8, 4) is 5.75 Å². The minimum atomic E-state index is -1.04. The average molecular weight is 433 g/mol. The highest BCUT2D eigenvalue weighted by molar-refractivity contribution is 6.30. The number of aliphatic hydroxyl groups excluding tert-OH is 2. The maximum Gasteiger partial charge on any atom is 0.253 e. The monoisotopic (exact) mass is 432 g/mol. The molecule has 1 amide bonds. The Morgan fingerprint density at radius 1 is 1.13 bits per heavy atom. The number of ether oxygens (including phenoxy) is 1. The van der Waals surface area contributed by atoms with E-state index in [4.69, 9.17) is 16.3 Å². The molecule has 2 atom stereocenters. The summed E-state index contributed by atoms with van der Waals surface area (Å²) in [5.74, 6) is 0.607. The van der Waals surface area contributed by atoms with E-state index < -0.39 is 12.2 Å². The van der Waals surface area contributed by atoms with Gasteiger partial charge in [0.25, 0.3) is 5.91 Å².